The summed E-state index contributed by atoms with van der Waals surface area (Å²) in [7, 11) is 0. The van der Waals surface area contributed by atoms with Gasteiger partial charge in [-0.2, -0.15) is 0 Å². The molecule has 2 N–H and O–H groups in total. The third-order valence-electron chi connectivity index (χ3n) is 2.78. The van der Waals surface area contributed by atoms with E-state index >= 15 is 0 Å². The van der Waals surface area contributed by atoms with Crippen LogP contribution in [0.25, 0.3) is 0 Å². The van der Waals surface area contributed by atoms with Crippen LogP contribution in [0.1, 0.15) is 20.8 Å². The minimum atomic E-state index is -0.396. The Kier molecular flexibility index (Phi) is 2.18. The summed E-state index contributed by atoms with van der Waals surface area (Å²) in [5.41, 5.74) is -0.396. The van der Waals surface area contributed by atoms with E-state index in [1.807, 2.05) is 20.8 Å². The maximum atomic E-state index is 11.4. The predicted octanol–water partition coefficient (Wildman–Crippen LogP) is 0.729. The van der Waals surface area contributed by atoms with Crippen molar-refractivity contribution in [3.63, 3.8) is 0 Å². The van der Waals surface area contributed by atoms with E-state index in [4.69, 9.17) is 4.74 Å². The lowest BCUT2D eigenvalue weighted by Crippen LogP contribution is -2.37. The van der Waals surface area contributed by atoms with Gasteiger partial charge in [0.1, 0.15) is 5.60 Å². The number of fused-ring (bicyclic) bond motifs is 1. The smallest absolute Gasteiger partial charge is 0.407 e. The van der Waals surface area contributed by atoms with Gasteiger partial charge in [0.15, 0.2) is 0 Å². The molecular weight excluding hydrogens is 180 g/mol. The molecule has 80 valence electrons. The average Bonchev–Trinajstić information content (AvgIpc) is 2.50. The molecule has 14 heavy (non-hydrogen) atoms. The van der Waals surface area contributed by atoms with Gasteiger partial charge < -0.3 is 15.4 Å². The average molecular weight is 198 g/mol. The van der Waals surface area contributed by atoms with Gasteiger partial charge in [0.2, 0.25) is 0 Å². The van der Waals surface area contributed by atoms with Crippen LogP contribution in [0, 0.1) is 11.8 Å². The molecule has 1 amide bonds. The second-order valence-corrected chi connectivity index (χ2v) is 5.16. The number of piperidine rings is 1. The summed E-state index contributed by atoms with van der Waals surface area (Å²) in [4.78, 5) is 11.4. The Hall–Kier alpha value is -0.770. The molecule has 2 aliphatic rings. The standard InChI is InChI=1S/C10H18N2O2/c1-10(2,3)14-9(13)12-8-6-4-11-5-7(6)8/h6-8,11H,4-5H2,1-3H3,(H,12,13)/t6-,7+,8+. The van der Waals surface area contributed by atoms with Gasteiger partial charge in [0, 0.05) is 19.1 Å². The molecule has 4 nitrogen and oxygen atoms in total. The van der Waals surface area contributed by atoms with Crippen molar-refractivity contribution in [2.24, 2.45) is 11.8 Å². The minimum absolute atomic E-state index is 0.281. The molecule has 1 aliphatic heterocycles. The molecule has 0 aromatic rings. The van der Waals surface area contributed by atoms with Crippen molar-refractivity contribution >= 4 is 6.09 Å². The van der Waals surface area contributed by atoms with Crippen LogP contribution in [0.5, 0.6) is 0 Å². The Morgan fingerprint density at radius 1 is 1.36 bits per heavy atom. The number of alkyl carbamates (subject to hydrolysis) is 1. The van der Waals surface area contributed by atoms with Crippen LogP contribution in [0.2, 0.25) is 0 Å². The summed E-state index contributed by atoms with van der Waals surface area (Å²) in [5.74, 6) is 1.28. The van der Waals surface area contributed by atoms with Gasteiger partial charge in [-0.05, 0) is 32.6 Å². The van der Waals surface area contributed by atoms with Crippen molar-refractivity contribution in [1.29, 1.82) is 0 Å². The molecule has 2 fully saturated rings. The van der Waals surface area contributed by atoms with E-state index in [0.29, 0.717) is 17.9 Å². The second-order valence-electron chi connectivity index (χ2n) is 5.16. The van der Waals surface area contributed by atoms with Crippen molar-refractivity contribution in [3.05, 3.63) is 0 Å². The highest BCUT2D eigenvalue weighted by Crippen LogP contribution is 2.41. The number of ether oxygens (including phenoxy) is 1. The Balaban J connectivity index is 1.74. The van der Waals surface area contributed by atoms with E-state index in [1.165, 1.54) is 0 Å². The maximum Gasteiger partial charge on any atom is 0.407 e. The highest BCUT2D eigenvalue weighted by Gasteiger charge is 2.54. The normalized spacial score (nSPS) is 34.9. The van der Waals surface area contributed by atoms with E-state index in [-0.39, 0.29) is 6.09 Å². The van der Waals surface area contributed by atoms with Gasteiger partial charge in [-0.3, -0.25) is 0 Å². The zero-order valence-electron chi connectivity index (χ0n) is 8.96. The van der Waals surface area contributed by atoms with Crippen LogP contribution in [0.15, 0.2) is 0 Å². The van der Waals surface area contributed by atoms with Crippen molar-refractivity contribution < 1.29 is 9.53 Å². The highest BCUT2D eigenvalue weighted by molar-refractivity contribution is 5.68. The topological polar surface area (TPSA) is 50.4 Å². The lowest BCUT2D eigenvalue weighted by atomic mass is 10.2. The van der Waals surface area contributed by atoms with Crippen LogP contribution < -0.4 is 10.6 Å². The monoisotopic (exact) mass is 198 g/mol. The quantitative estimate of drug-likeness (QED) is 0.653. The molecule has 2 rings (SSSR count). The predicted molar refractivity (Wildman–Crippen MR) is 53.0 cm³/mol. The zero-order valence-corrected chi connectivity index (χ0v) is 8.96. The molecule has 0 radical (unpaired) electrons. The number of nitrogens with one attached hydrogen (secondary N) is 2. The van der Waals surface area contributed by atoms with Crippen molar-refractivity contribution in [1.82, 2.24) is 10.6 Å². The lowest BCUT2D eigenvalue weighted by molar-refractivity contribution is 0.0518. The lowest BCUT2D eigenvalue weighted by Gasteiger charge is -2.20. The molecule has 0 spiro atoms. The first-order chi connectivity index (χ1) is 6.47. The Morgan fingerprint density at radius 3 is 2.43 bits per heavy atom. The third kappa shape index (κ3) is 2.00. The molecule has 0 aromatic heterocycles. The number of carbonyl (C=O) groups excluding carboxylic acids is 1. The van der Waals surface area contributed by atoms with E-state index in [1.54, 1.807) is 0 Å². The summed E-state index contributed by atoms with van der Waals surface area (Å²) in [5, 5.41) is 6.19. The van der Waals surface area contributed by atoms with Crippen LogP contribution >= 0.6 is 0 Å². The highest BCUT2D eigenvalue weighted by atomic mass is 16.6. The molecule has 1 saturated carbocycles. The fraction of sp³-hybridized carbons (Fsp3) is 0.900. The minimum Gasteiger partial charge on any atom is -0.444 e. The van der Waals surface area contributed by atoms with Crippen LogP contribution in [-0.2, 0) is 4.74 Å². The number of hydrogen-bond donors (Lipinski definition) is 2. The van der Waals surface area contributed by atoms with Crippen molar-refractivity contribution in [2.75, 3.05) is 13.1 Å². The summed E-state index contributed by atoms with van der Waals surface area (Å²) >= 11 is 0. The van der Waals surface area contributed by atoms with E-state index in [2.05, 4.69) is 10.6 Å². The summed E-state index contributed by atoms with van der Waals surface area (Å²) in [6, 6.07) is 0.353. The fourth-order valence-electron chi connectivity index (χ4n) is 2.08. The van der Waals surface area contributed by atoms with E-state index in [9.17, 15) is 4.79 Å². The van der Waals surface area contributed by atoms with Crippen LogP contribution in [0.3, 0.4) is 0 Å². The zero-order chi connectivity index (χ0) is 10.3. The van der Waals surface area contributed by atoms with E-state index < -0.39 is 5.60 Å². The van der Waals surface area contributed by atoms with Crippen LogP contribution in [-0.4, -0.2) is 30.8 Å². The van der Waals surface area contributed by atoms with Crippen molar-refractivity contribution in [2.45, 2.75) is 32.4 Å². The number of amides is 1. The van der Waals surface area contributed by atoms with Gasteiger partial charge in [0.05, 0.1) is 0 Å². The first-order valence-electron chi connectivity index (χ1n) is 5.17. The summed E-state index contributed by atoms with van der Waals surface area (Å²) < 4.78 is 5.18. The molecule has 1 heterocycles. The Morgan fingerprint density at radius 2 is 1.93 bits per heavy atom. The maximum absolute atomic E-state index is 11.4. The molecule has 0 aromatic carbocycles. The van der Waals surface area contributed by atoms with Crippen LogP contribution in [0.4, 0.5) is 4.79 Å². The number of carbonyl (C=O) groups is 1. The first kappa shape index (κ1) is 9.77. The molecule has 4 heteroatoms. The SMILES string of the molecule is CC(C)(C)OC(=O)N[C@H]1[C@@H]2CNC[C@@H]21. The summed E-state index contributed by atoms with van der Waals surface area (Å²) in [6.45, 7) is 7.70. The van der Waals surface area contributed by atoms with Crippen molar-refractivity contribution in [3.8, 4) is 0 Å². The number of rotatable bonds is 1. The third-order valence-corrected chi connectivity index (χ3v) is 2.78. The van der Waals surface area contributed by atoms with Gasteiger partial charge in [-0.25, -0.2) is 4.79 Å². The molecular formula is C10H18N2O2. The Bertz CT molecular complexity index is 237. The number of hydrogen-bond acceptors (Lipinski definition) is 3. The largest absolute Gasteiger partial charge is 0.444 e. The van der Waals surface area contributed by atoms with Gasteiger partial charge >= 0.3 is 6.09 Å². The first-order valence-corrected chi connectivity index (χ1v) is 5.17. The molecule has 3 atom stereocenters. The van der Waals surface area contributed by atoms with Gasteiger partial charge in [-0.15, -0.1) is 0 Å². The summed E-state index contributed by atoms with van der Waals surface area (Å²) in [6.07, 6.45) is -0.281. The fourth-order valence-corrected chi connectivity index (χ4v) is 2.08. The Labute approximate surface area is 84.4 Å². The molecule has 0 unspecified atom stereocenters. The van der Waals surface area contributed by atoms with Gasteiger partial charge in [0.25, 0.3) is 0 Å². The van der Waals surface area contributed by atoms with Gasteiger partial charge in [-0.1, -0.05) is 0 Å². The second kappa shape index (κ2) is 3.12. The molecule has 1 saturated heterocycles. The van der Waals surface area contributed by atoms with E-state index in [0.717, 1.165) is 13.1 Å². The molecule has 0 bridgehead atoms. The molecule has 1 aliphatic carbocycles.